The van der Waals surface area contributed by atoms with E-state index in [0.717, 1.165) is 5.56 Å². The highest BCUT2D eigenvalue weighted by Gasteiger charge is 2.17. The molecule has 5 heteroatoms. The first-order valence-electron chi connectivity index (χ1n) is 5.34. The van der Waals surface area contributed by atoms with Crippen LogP contribution < -0.4 is 5.32 Å². The van der Waals surface area contributed by atoms with Crippen molar-refractivity contribution in [1.29, 1.82) is 0 Å². The van der Waals surface area contributed by atoms with E-state index in [0.29, 0.717) is 12.3 Å². The number of nitrogens with zero attached hydrogens (tertiary/aromatic N) is 1. The fraction of sp³-hybridized carbons (Fsp3) is 0.500. The molecule has 0 aliphatic heterocycles. The zero-order valence-corrected chi connectivity index (χ0v) is 10.6. The average molecular weight is 238 g/mol. The molecular formula is C12H18N2O3. The average Bonchev–Trinajstić information content (AvgIpc) is 2.18. The number of carbonyl (C=O) groups excluding carboxylic acids is 1. The summed E-state index contributed by atoms with van der Waals surface area (Å²) in [6, 6.07) is 1.79. The fourth-order valence-electron chi connectivity index (χ4n) is 1.23. The topological polar surface area (TPSA) is 60.5 Å². The van der Waals surface area contributed by atoms with Crippen molar-refractivity contribution in [3.8, 4) is 0 Å². The summed E-state index contributed by atoms with van der Waals surface area (Å²) >= 11 is 0. The van der Waals surface area contributed by atoms with Crippen molar-refractivity contribution < 1.29 is 14.3 Å². The number of pyridine rings is 1. The van der Waals surface area contributed by atoms with Crippen molar-refractivity contribution in [2.45, 2.75) is 33.0 Å². The summed E-state index contributed by atoms with van der Waals surface area (Å²) in [5, 5.41) is 2.65. The minimum atomic E-state index is -0.520. The molecule has 1 amide bonds. The van der Waals surface area contributed by atoms with E-state index in [1.807, 2.05) is 20.8 Å². The van der Waals surface area contributed by atoms with Crippen molar-refractivity contribution in [2.24, 2.45) is 0 Å². The van der Waals surface area contributed by atoms with Crippen LogP contribution in [0.4, 0.5) is 10.5 Å². The summed E-state index contributed by atoms with van der Waals surface area (Å²) < 4.78 is 10.2. The van der Waals surface area contributed by atoms with Gasteiger partial charge in [0.05, 0.1) is 18.5 Å². The molecule has 5 nitrogen and oxygen atoms in total. The largest absolute Gasteiger partial charge is 0.444 e. The molecule has 94 valence electrons. The summed E-state index contributed by atoms with van der Waals surface area (Å²) in [6.45, 7) is 5.84. The lowest BCUT2D eigenvalue weighted by molar-refractivity contribution is 0.0635. The van der Waals surface area contributed by atoms with Gasteiger partial charge in [0.2, 0.25) is 0 Å². The van der Waals surface area contributed by atoms with Gasteiger partial charge in [-0.1, -0.05) is 0 Å². The minimum Gasteiger partial charge on any atom is -0.444 e. The molecule has 1 heterocycles. The van der Waals surface area contributed by atoms with Gasteiger partial charge in [0.1, 0.15) is 5.60 Å². The highest BCUT2D eigenvalue weighted by Crippen LogP contribution is 2.16. The third-order valence-electron chi connectivity index (χ3n) is 1.85. The number of rotatable bonds is 3. The van der Waals surface area contributed by atoms with Gasteiger partial charge in [0.15, 0.2) is 0 Å². The van der Waals surface area contributed by atoms with Crippen LogP contribution in [0.2, 0.25) is 0 Å². The maximum atomic E-state index is 11.6. The second kappa shape index (κ2) is 5.63. The zero-order valence-electron chi connectivity index (χ0n) is 10.6. The molecule has 0 unspecified atom stereocenters. The molecule has 17 heavy (non-hydrogen) atoms. The first kappa shape index (κ1) is 13.4. The van der Waals surface area contributed by atoms with E-state index in [-0.39, 0.29) is 0 Å². The van der Waals surface area contributed by atoms with Gasteiger partial charge in [-0.3, -0.25) is 10.3 Å². The molecule has 1 rings (SSSR count). The van der Waals surface area contributed by atoms with Crippen molar-refractivity contribution in [2.75, 3.05) is 12.4 Å². The van der Waals surface area contributed by atoms with Crippen LogP contribution in [0.5, 0.6) is 0 Å². The summed E-state index contributed by atoms with van der Waals surface area (Å²) in [5.41, 5.74) is 0.935. The Bertz CT molecular complexity index is 386. The number of anilines is 1. The standard InChI is InChI=1S/C12H18N2O3/c1-12(2,3)17-11(15)14-10-7-13-6-5-9(10)8-16-4/h5-7H,8H2,1-4H3,(H,14,15). The van der Waals surface area contributed by atoms with Gasteiger partial charge in [0, 0.05) is 18.9 Å². The third-order valence-corrected chi connectivity index (χ3v) is 1.85. The maximum Gasteiger partial charge on any atom is 0.412 e. The molecule has 0 fully saturated rings. The lowest BCUT2D eigenvalue weighted by atomic mass is 10.2. The van der Waals surface area contributed by atoms with Crippen LogP contribution in [0.25, 0.3) is 0 Å². The Kier molecular flexibility index (Phi) is 4.45. The second-order valence-electron chi connectivity index (χ2n) is 4.59. The van der Waals surface area contributed by atoms with E-state index in [9.17, 15) is 4.79 Å². The molecule has 0 aromatic carbocycles. The van der Waals surface area contributed by atoms with Crippen LogP contribution in [0.15, 0.2) is 18.5 Å². The highest BCUT2D eigenvalue weighted by atomic mass is 16.6. The zero-order chi connectivity index (χ0) is 12.9. The number of nitrogens with one attached hydrogen (secondary N) is 1. The third kappa shape index (κ3) is 4.82. The number of hydrogen-bond acceptors (Lipinski definition) is 4. The van der Waals surface area contributed by atoms with E-state index < -0.39 is 11.7 Å². The Morgan fingerprint density at radius 1 is 1.47 bits per heavy atom. The predicted molar refractivity (Wildman–Crippen MR) is 64.8 cm³/mol. The predicted octanol–water partition coefficient (Wildman–Crippen LogP) is 2.58. The molecule has 0 aliphatic carbocycles. The first-order chi connectivity index (χ1) is 7.92. The molecule has 0 atom stereocenters. The quantitative estimate of drug-likeness (QED) is 0.879. The van der Waals surface area contributed by atoms with Crippen LogP contribution in [0.3, 0.4) is 0 Å². The number of ether oxygens (including phenoxy) is 2. The van der Waals surface area contributed by atoms with Crippen LogP contribution in [-0.2, 0) is 16.1 Å². The SMILES string of the molecule is COCc1ccncc1NC(=O)OC(C)(C)C. The number of carbonyl (C=O) groups is 1. The summed E-state index contributed by atoms with van der Waals surface area (Å²) in [6.07, 6.45) is 2.72. The van der Waals surface area contributed by atoms with Crippen molar-refractivity contribution in [1.82, 2.24) is 4.98 Å². The Morgan fingerprint density at radius 2 is 2.18 bits per heavy atom. The number of hydrogen-bond donors (Lipinski definition) is 1. The van der Waals surface area contributed by atoms with Gasteiger partial charge in [0.25, 0.3) is 0 Å². The molecule has 0 saturated carbocycles. The molecule has 1 aromatic rings. The molecule has 1 N–H and O–H groups in total. The Morgan fingerprint density at radius 3 is 2.76 bits per heavy atom. The van der Waals surface area contributed by atoms with Gasteiger partial charge < -0.3 is 9.47 Å². The van der Waals surface area contributed by atoms with Gasteiger partial charge in [-0.15, -0.1) is 0 Å². The van der Waals surface area contributed by atoms with Gasteiger partial charge >= 0.3 is 6.09 Å². The monoisotopic (exact) mass is 238 g/mol. The Labute approximate surface area is 101 Å². The van der Waals surface area contributed by atoms with Crippen LogP contribution in [0.1, 0.15) is 26.3 Å². The van der Waals surface area contributed by atoms with Crippen molar-refractivity contribution in [3.05, 3.63) is 24.0 Å². The molecule has 0 spiro atoms. The first-order valence-corrected chi connectivity index (χ1v) is 5.34. The highest BCUT2D eigenvalue weighted by molar-refractivity contribution is 5.85. The number of amides is 1. The van der Waals surface area contributed by atoms with Gasteiger partial charge in [-0.05, 0) is 26.8 Å². The Balaban J connectivity index is 2.71. The summed E-state index contributed by atoms with van der Waals surface area (Å²) in [4.78, 5) is 15.5. The van der Waals surface area contributed by atoms with E-state index >= 15 is 0 Å². The van der Waals surface area contributed by atoms with Gasteiger partial charge in [-0.25, -0.2) is 4.79 Å². The summed E-state index contributed by atoms with van der Waals surface area (Å²) in [7, 11) is 1.59. The maximum absolute atomic E-state index is 11.6. The molecular weight excluding hydrogens is 220 g/mol. The van der Waals surface area contributed by atoms with Crippen LogP contribution >= 0.6 is 0 Å². The van der Waals surface area contributed by atoms with Crippen molar-refractivity contribution >= 4 is 11.8 Å². The lowest BCUT2D eigenvalue weighted by Crippen LogP contribution is -2.27. The van der Waals surface area contributed by atoms with E-state index in [4.69, 9.17) is 9.47 Å². The molecule has 1 aromatic heterocycles. The molecule has 0 aliphatic rings. The molecule has 0 radical (unpaired) electrons. The lowest BCUT2D eigenvalue weighted by Gasteiger charge is -2.20. The minimum absolute atomic E-state index is 0.410. The van der Waals surface area contributed by atoms with E-state index in [2.05, 4.69) is 10.3 Å². The normalized spacial score (nSPS) is 11.1. The molecule has 0 saturated heterocycles. The van der Waals surface area contributed by atoms with E-state index in [1.165, 1.54) is 0 Å². The smallest absolute Gasteiger partial charge is 0.412 e. The number of aromatic nitrogens is 1. The van der Waals surface area contributed by atoms with Crippen LogP contribution in [-0.4, -0.2) is 23.8 Å². The number of methoxy groups -OCH3 is 1. The molecule has 0 bridgehead atoms. The van der Waals surface area contributed by atoms with Crippen molar-refractivity contribution in [3.63, 3.8) is 0 Å². The van der Waals surface area contributed by atoms with E-state index in [1.54, 1.807) is 25.6 Å². The second-order valence-corrected chi connectivity index (χ2v) is 4.59. The Hall–Kier alpha value is -1.62. The fourth-order valence-corrected chi connectivity index (χ4v) is 1.23. The van der Waals surface area contributed by atoms with Gasteiger partial charge in [-0.2, -0.15) is 0 Å². The summed E-state index contributed by atoms with van der Waals surface area (Å²) in [5.74, 6) is 0. The van der Waals surface area contributed by atoms with Crippen LogP contribution in [0, 0.1) is 0 Å².